The molecule has 0 saturated heterocycles. The van der Waals surface area contributed by atoms with Crippen LogP contribution in [0.3, 0.4) is 0 Å². The van der Waals surface area contributed by atoms with Crippen LogP contribution in [0.4, 0.5) is 5.69 Å². The molecule has 0 atom stereocenters. The lowest BCUT2D eigenvalue weighted by atomic mass is 10.1. The number of hydrogen-bond acceptors (Lipinski definition) is 4. The highest BCUT2D eigenvalue weighted by atomic mass is 35.5. The summed E-state index contributed by atoms with van der Waals surface area (Å²) in [5, 5.41) is 3.30. The van der Waals surface area contributed by atoms with E-state index in [2.05, 4.69) is 5.32 Å². The second-order valence-corrected chi connectivity index (χ2v) is 10.2. The van der Waals surface area contributed by atoms with Crippen LogP contribution in [0.2, 0.25) is 10.0 Å². The highest BCUT2D eigenvalue weighted by Crippen LogP contribution is 2.32. The van der Waals surface area contributed by atoms with Crippen LogP contribution >= 0.6 is 23.2 Å². The maximum atomic E-state index is 13.3. The molecular weight excluding hydrogens is 495 g/mol. The van der Waals surface area contributed by atoms with Crippen LogP contribution in [-0.2, 0) is 21.2 Å². The van der Waals surface area contributed by atoms with Gasteiger partial charge in [-0.3, -0.25) is 9.10 Å². The molecular formula is C25H26Cl2N2O4S. The van der Waals surface area contributed by atoms with Crippen LogP contribution in [0.25, 0.3) is 0 Å². The predicted octanol–water partition coefficient (Wildman–Crippen LogP) is 5.34. The number of hydrogen-bond donors (Lipinski definition) is 1. The molecule has 3 rings (SSSR count). The van der Waals surface area contributed by atoms with Crippen molar-refractivity contribution in [2.75, 3.05) is 24.0 Å². The average molecular weight is 521 g/mol. The summed E-state index contributed by atoms with van der Waals surface area (Å²) in [6.45, 7) is 2.54. The third-order valence-corrected chi connectivity index (χ3v) is 7.31. The van der Waals surface area contributed by atoms with Gasteiger partial charge in [-0.05, 0) is 67.8 Å². The Kier molecular flexibility index (Phi) is 9.21. The minimum atomic E-state index is -4.03. The second kappa shape index (κ2) is 12.1. The minimum Gasteiger partial charge on any atom is -0.494 e. The lowest BCUT2D eigenvalue weighted by Crippen LogP contribution is -2.41. The van der Waals surface area contributed by atoms with Crippen LogP contribution in [0, 0.1) is 0 Å². The lowest BCUT2D eigenvalue weighted by Gasteiger charge is -2.25. The molecule has 0 fully saturated rings. The second-order valence-electron chi connectivity index (χ2n) is 7.45. The molecule has 1 amide bonds. The smallest absolute Gasteiger partial charge is 0.264 e. The van der Waals surface area contributed by atoms with Gasteiger partial charge in [0.25, 0.3) is 10.0 Å². The zero-order chi connectivity index (χ0) is 24.6. The van der Waals surface area contributed by atoms with E-state index in [1.165, 1.54) is 30.3 Å². The van der Waals surface area contributed by atoms with Crippen LogP contribution in [0.1, 0.15) is 18.9 Å². The first-order valence-corrected chi connectivity index (χ1v) is 13.0. The van der Waals surface area contributed by atoms with E-state index in [0.717, 1.165) is 22.0 Å². The molecule has 0 unspecified atom stereocenters. The van der Waals surface area contributed by atoms with E-state index in [0.29, 0.717) is 24.6 Å². The lowest BCUT2D eigenvalue weighted by molar-refractivity contribution is -0.119. The fourth-order valence-corrected chi connectivity index (χ4v) is 5.35. The van der Waals surface area contributed by atoms with Crippen molar-refractivity contribution in [3.05, 3.63) is 88.4 Å². The van der Waals surface area contributed by atoms with Crippen molar-refractivity contribution in [3.63, 3.8) is 0 Å². The van der Waals surface area contributed by atoms with Crippen molar-refractivity contribution in [2.45, 2.75) is 24.7 Å². The molecule has 3 aromatic rings. The zero-order valence-electron chi connectivity index (χ0n) is 18.7. The average Bonchev–Trinajstić information content (AvgIpc) is 2.82. The molecule has 0 spiro atoms. The predicted molar refractivity (Wildman–Crippen MR) is 136 cm³/mol. The van der Waals surface area contributed by atoms with Crippen molar-refractivity contribution in [2.24, 2.45) is 0 Å². The molecule has 0 aliphatic carbocycles. The number of ether oxygens (including phenoxy) is 1. The Morgan fingerprint density at radius 3 is 2.35 bits per heavy atom. The minimum absolute atomic E-state index is 0.0596. The summed E-state index contributed by atoms with van der Waals surface area (Å²) < 4.78 is 33.1. The molecule has 0 saturated carbocycles. The number of rotatable bonds is 11. The number of carbonyl (C=O) groups excluding carboxylic acids is 1. The van der Waals surface area contributed by atoms with E-state index in [-0.39, 0.29) is 15.6 Å². The molecule has 0 aromatic heterocycles. The van der Waals surface area contributed by atoms with Crippen LogP contribution in [-0.4, -0.2) is 34.0 Å². The topological polar surface area (TPSA) is 75.7 Å². The van der Waals surface area contributed by atoms with Crippen LogP contribution in [0.15, 0.2) is 77.7 Å². The highest BCUT2D eigenvalue weighted by molar-refractivity contribution is 7.92. The summed E-state index contributed by atoms with van der Waals surface area (Å²) in [5.74, 6) is 0.386. The van der Waals surface area contributed by atoms with Gasteiger partial charge in [-0.2, -0.15) is 0 Å². The van der Waals surface area contributed by atoms with Gasteiger partial charge in [-0.15, -0.1) is 0 Å². The molecule has 6 nitrogen and oxygen atoms in total. The molecule has 0 aliphatic rings. The Balaban J connectivity index is 1.67. The first-order valence-electron chi connectivity index (χ1n) is 10.8. The molecule has 0 heterocycles. The summed E-state index contributed by atoms with van der Waals surface area (Å²) in [6, 6.07) is 20.2. The number of benzene rings is 3. The largest absolute Gasteiger partial charge is 0.494 e. The SMILES string of the molecule is CCOc1ccc(CCCNC(=O)CN(c2ccc(Cl)cc2Cl)S(=O)(=O)c2ccccc2)cc1. The molecule has 180 valence electrons. The molecule has 0 bridgehead atoms. The maximum absolute atomic E-state index is 13.3. The van der Waals surface area contributed by atoms with Gasteiger partial charge in [0.1, 0.15) is 12.3 Å². The molecule has 9 heteroatoms. The van der Waals surface area contributed by atoms with Crippen molar-refractivity contribution in [1.29, 1.82) is 0 Å². The quantitative estimate of drug-likeness (QED) is 0.346. The number of nitrogens with zero attached hydrogens (tertiary/aromatic N) is 1. The highest BCUT2D eigenvalue weighted by Gasteiger charge is 2.28. The van der Waals surface area contributed by atoms with Gasteiger partial charge in [0.05, 0.1) is 22.2 Å². The summed E-state index contributed by atoms with van der Waals surface area (Å²) in [5.41, 5.74) is 1.30. The van der Waals surface area contributed by atoms with E-state index in [1.807, 2.05) is 31.2 Å². The molecule has 34 heavy (non-hydrogen) atoms. The van der Waals surface area contributed by atoms with Gasteiger partial charge >= 0.3 is 0 Å². The Bertz CT molecular complexity index is 1200. The van der Waals surface area contributed by atoms with Gasteiger partial charge in [-0.1, -0.05) is 53.5 Å². The van der Waals surface area contributed by atoms with Crippen molar-refractivity contribution in [1.82, 2.24) is 5.32 Å². The fraction of sp³-hybridized carbons (Fsp3) is 0.240. The van der Waals surface area contributed by atoms with Crippen LogP contribution in [0.5, 0.6) is 5.75 Å². The van der Waals surface area contributed by atoms with Crippen molar-refractivity contribution in [3.8, 4) is 5.75 Å². The van der Waals surface area contributed by atoms with E-state index in [4.69, 9.17) is 27.9 Å². The summed E-state index contributed by atoms with van der Waals surface area (Å²) in [4.78, 5) is 12.8. The maximum Gasteiger partial charge on any atom is 0.264 e. The fourth-order valence-electron chi connectivity index (χ4n) is 3.33. The molecule has 0 aliphatic heterocycles. The monoisotopic (exact) mass is 520 g/mol. The Hall–Kier alpha value is -2.74. The van der Waals surface area contributed by atoms with Crippen molar-refractivity contribution < 1.29 is 17.9 Å². The summed E-state index contributed by atoms with van der Waals surface area (Å²) in [7, 11) is -4.03. The normalized spacial score (nSPS) is 11.1. The van der Waals surface area contributed by atoms with Gasteiger partial charge in [0, 0.05) is 11.6 Å². The third-order valence-electron chi connectivity index (χ3n) is 5.00. The standard InChI is InChI=1S/C25H26Cl2N2O4S/c1-2-33-21-13-10-19(11-14-21)7-6-16-28-25(30)18-29(24-15-12-20(26)17-23(24)27)34(31,32)22-8-4-3-5-9-22/h3-5,8-15,17H,2,6-7,16,18H2,1H3,(H,28,30). The number of anilines is 1. The number of amides is 1. The first kappa shape index (κ1) is 25.9. The number of aryl methyl sites for hydroxylation is 1. The van der Waals surface area contributed by atoms with E-state index >= 15 is 0 Å². The zero-order valence-corrected chi connectivity index (χ0v) is 21.0. The number of sulfonamides is 1. The van der Waals surface area contributed by atoms with E-state index in [1.54, 1.807) is 18.2 Å². The Morgan fingerprint density at radius 1 is 1.00 bits per heavy atom. The van der Waals surface area contributed by atoms with Crippen LogP contribution < -0.4 is 14.4 Å². The number of carbonyl (C=O) groups is 1. The first-order chi connectivity index (χ1) is 16.3. The molecule has 0 radical (unpaired) electrons. The van der Waals surface area contributed by atoms with Gasteiger partial charge in [0.15, 0.2) is 0 Å². The van der Waals surface area contributed by atoms with Gasteiger partial charge in [-0.25, -0.2) is 8.42 Å². The Labute approximate surface area is 210 Å². The van der Waals surface area contributed by atoms with E-state index < -0.39 is 22.5 Å². The summed E-state index contributed by atoms with van der Waals surface area (Å²) in [6.07, 6.45) is 1.47. The van der Waals surface area contributed by atoms with Gasteiger partial charge in [0.2, 0.25) is 5.91 Å². The number of halogens is 2. The summed E-state index contributed by atoms with van der Waals surface area (Å²) >= 11 is 12.3. The van der Waals surface area contributed by atoms with E-state index in [9.17, 15) is 13.2 Å². The molecule has 1 N–H and O–H groups in total. The molecule has 3 aromatic carbocycles. The third kappa shape index (κ3) is 6.88. The van der Waals surface area contributed by atoms with Crippen molar-refractivity contribution >= 4 is 44.8 Å². The number of nitrogens with one attached hydrogen (secondary N) is 1. The Morgan fingerprint density at radius 2 is 1.71 bits per heavy atom. The van der Waals surface area contributed by atoms with Gasteiger partial charge < -0.3 is 10.1 Å².